The first kappa shape index (κ1) is 15.5. The third kappa shape index (κ3) is 4.30. The van der Waals surface area contributed by atoms with Crippen LogP contribution in [-0.2, 0) is 0 Å². The SMILES string of the molecule is C=CCCC(NCC)C(c1ccccc1)c1ccccc1. The second kappa shape index (κ2) is 8.43. The van der Waals surface area contributed by atoms with Crippen LogP contribution in [0.3, 0.4) is 0 Å². The van der Waals surface area contributed by atoms with Gasteiger partial charge in [-0.05, 0) is 30.5 Å². The van der Waals surface area contributed by atoms with E-state index in [0.717, 1.165) is 19.4 Å². The van der Waals surface area contributed by atoms with Crippen LogP contribution in [0.4, 0.5) is 0 Å². The van der Waals surface area contributed by atoms with E-state index in [0.29, 0.717) is 12.0 Å². The van der Waals surface area contributed by atoms with Crippen molar-refractivity contribution in [2.24, 2.45) is 0 Å². The Kier molecular flexibility index (Phi) is 6.23. The van der Waals surface area contributed by atoms with Crippen LogP contribution in [0, 0.1) is 0 Å². The summed E-state index contributed by atoms with van der Waals surface area (Å²) < 4.78 is 0. The summed E-state index contributed by atoms with van der Waals surface area (Å²) in [4.78, 5) is 0. The molecular weight excluding hydrogens is 254 g/mol. The standard InChI is InChI=1S/C20H25N/c1-3-5-16-19(21-4-2)20(17-12-8-6-9-13-17)18-14-10-7-11-15-18/h3,6-15,19-21H,1,4-5,16H2,2H3. The Bertz CT molecular complexity index is 479. The van der Waals surface area contributed by atoms with E-state index in [4.69, 9.17) is 0 Å². The molecule has 1 nitrogen and oxygen atoms in total. The summed E-state index contributed by atoms with van der Waals surface area (Å²) in [6.45, 7) is 7.03. The zero-order valence-corrected chi connectivity index (χ0v) is 12.8. The van der Waals surface area contributed by atoms with Crippen molar-refractivity contribution in [3.8, 4) is 0 Å². The Morgan fingerprint density at radius 3 is 1.90 bits per heavy atom. The molecule has 1 heteroatoms. The van der Waals surface area contributed by atoms with Crippen LogP contribution in [0.15, 0.2) is 73.3 Å². The summed E-state index contributed by atoms with van der Waals surface area (Å²) in [5, 5.41) is 3.67. The van der Waals surface area contributed by atoms with Gasteiger partial charge in [-0.1, -0.05) is 73.7 Å². The highest BCUT2D eigenvalue weighted by Gasteiger charge is 2.23. The molecule has 0 amide bonds. The van der Waals surface area contributed by atoms with Gasteiger partial charge in [-0.15, -0.1) is 6.58 Å². The Morgan fingerprint density at radius 1 is 0.952 bits per heavy atom. The summed E-state index contributed by atoms with van der Waals surface area (Å²) in [7, 11) is 0. The van der Waals surface area contributed by atoms with E-state index < -0.39 is 0 Å². The van der Waals surface area contributed by atoms with E-state index in [1.165, 1.54) is 11.1 Å². The molecule has 21 heavy (non-hydrogen) atoms. The van der Waals surface area contributed by atoms with Gasteiger partial charge >= 0.3 is 0 Å². The van der Waals surface area contributed by atoms with Crippen LogP contribution in [-0.4, -0.2) is 12.6 Å². The fraction of sp³-hybridized carbons (Fsp3) is 0.300. The Labute approximate surface area is 128 Å². The van der Waals surface area contributed by atoms with E-state index in [1.807, 2.05) is 6.08 Å². The lowest BCUT2D eigenvalue weighted by Gasteiger charge is -2.29. The lowest BCUT2D eigenvalue weighted by Crippen LogP contribution is -2.35. The monoisotopic (exact) mass is 279 g/mol. The Morgan fingerprint density at radius 2 is 1.48 bits per heavy atom. The minimum atomic E-state index is 0.382. The first-order valence-electron chi connectivity index (χ1n) is 7.81. The van der Waals surface area contributed by atoms with E-state index >= 15 is 0 Å². The average Bonchev–Trinajstić information content (AvgIpc) is 2.55. The molecule has 0 spiro atoms. The molecule has 0 saturated carbocycles. The number of rotatable bonds is 8. The van der Waals surface area contributed by atoms with Gasteiger partial charge in [0.05, 0.1) is 0 Å². The first-order valence-corrected chi connectivity index (χ1v) is 7.81. The molecule has 0 aromatic heterocycles. The second-order valence-electron chi connectivity index (χ2n) is 5.33. The van der Waals surface area contributed by atoms with Gasteiger partial charge in [0.1, 0.15) is 0 Å². The van der Waals surface area contributed by atoms with E-state index in [1.54, 1.807) is 0 Å². The number of likely N-dealkylation sites (N-methyl/N-ethyl adjacent to an activating group) is 1. The quantitative estimate of drug-likeness (QED) is 0.687. The van der Waals surface area contributed by atoms with Crippen LogP contribution >= 0.6 is 0 Å². The van der Waals surface area contributed by atoms with Gasteiger partial charge in [-0.2, -0.15) is 0 Å². The molecular formula is C20H25N. The number of benzene rings is 2. The molecule has 1 atom stereocenters. The third-order valence-electron chi connectivity index (χ3n) is 3.87. The van der Waals surface area contributed by atoms with E-state index in [2.05, 4.69) is 79.5 Å². The number of allylic oxidation sites excluding steroid dienone is 1. The zero-order valence-electron chi connectivity index (χ0n) is 12.8. The lowest BCUT2D eigenvalue weighted by atomic mass is 9.83. The van der Waals surface area contributed by atoms with Crippen molar-refractivity contribution in [2.75, 3.05) is 6.54 Å². The third-order valence-corrected chi connectivity index (χ3v) is 3.87. The maximum Gasteiger partial charge on any atom is 0.0243 e. The average molecular weight is 279 g/mol. The van der Waals surface area contributed by atoms with Gasteiger partial charge < -0.3 is 5.32 Å². The van der Waals surface area contributed by atoms with Crippen molar-refractivity contribution in [1.82, 2.24) is 5.32 Å². The minimum Gasteiger partial charge on any atom is -0.313 e. The smallest absolute Gasteiger partial charge is 0.0243 e. The van der Waals surface area contributed by atoms with Gasteiger partial charge in [0.25, 0.3) is 0 Å². The van der Waals surface area contributed by atoms with Crippen molar-refractivity contribution >= 4 is 0 Å². The highest BCUT2D eigenvalue weighted by atomic mass is 14.9. The summed E-state index contributed by atoms with van der Waals surface area (Å²) in [6, 6.07) is 22.0. The molecule has 0 radical (unpaired) electrons. The predicted molar refractivity (Wildman–Crippen MR) is 91.6 cm³/mol. The first-order chi connectivity index (χ1) is 10.4. The fourth-order valence-electron chi connectivity index (χ4n) is 2.92. The van der Waals surface area contributed by atoms with Gasteiger partial charge in [0, 0.05) is 12.0 Å². The van der Waals surface area contributed by atoms with E-state index in [-0.39, 0.29) is 0 Å². The number of hydrogen-bond donors (Lipinski definition) is 1. The predicted octanol–water partition coefficient (Wildman–Crippen LogP) is 4.76. The minimum absolute atomic E-state index is 0.382. The lowest BCUT2D eigenvalue weighted by molar-refractivity contribution is 0.453. The highest BCUT2D eigenvalue weighted by molar-refractivity contribution is 5.34. The van der Waals surface area contributed by atoms with Gasteiger partial charge in [-0.3, -0.25) is 0 Å². The second-order valence-corrected chi connectivity index (χ2v) is 5.33. The van der Waals surface area contributed by atoms with Gasteiger partial charge in [-0.25, -0.2) is 0 Å². The molecule has 2 aromatic rings. The van der Waals surface area contributed by atoms with Crippen molar-refractivity contribution in [3.63, 3.8) is 0 Å². The molecule has 0 heterocycles. The molecule has 2 aromatic carbocycles. The molecule has 0 bridgehead atoms. The fourth-order valence-corrected chi connectivity index (χ4v) is 2.92. The molecule has 0 aliphatic rings. The number of hydrogen-bond acceptors (Lipinski definition) is 1. The molecule has 0 aliphatic carbocycles. The molecule has 2 rings (SSSR count). The van der Waals surface area contributed by atoms with Crippen molar-refractivity contribution in [2.45, 2.75) is 31.7 Å². The van der Waals surface area contributed by atoms with Crippen LogP contribution in [0.25, 0.3) is 0 Å². The summed E-state index contributed by atoms with van der Waals surface area (Å²) in [5.74, 6) is 0.382. The largest absolute Gasteiger partial charge is 0.313 e. The summed E-state index contributed by atoms with van der Waals surface area (Å²) in [5.41, 5.74) is 2.75. The highest BCUT2D eigenvalue weighted by Crippen LogP contribution is 2.30. The Balaban J connectivity index is 2.36. The molecule has 0 fully saturated rings. The molecule has 110 valence electrons. The summed E-state index contributed by atoms with van der Waals surface area (Å²) in [6.07, 6.45) is 4.15. The maximum atomic E-state index is 3.87. The maximum absolute atomic E-state index is 3.87. The van der Waals surface area contributed by atoms with E-state index in [9.17, 15) is 0 Å². The van der Waals surface area contributed by atoms with Crippen LogP contribution in [0.5, 0.6) is 0 Å². The topological polar surface area (TPSA) is 12.0 Å². The van der Waals surface area contributed by atoms with Gasteiger partial charge in [0.2, 0.25) is 0 Å². The van der Waals surface area contributed by atoms with Crippen LogP contribution < -0.4 is 5.32 Å². The van der Waals surface area contributed by atoms with Crippen LogP contribution in [0.2, 0.25) is 0 Å². The number of nitrogens with one attached hydrogen (secondary N) is 1. The molecule has 0 aliphatic heterocycles. The van der Waals surface area contributed by atoms with Gasteiger partial charge in [0.15, 0.2) is 0 Å². The normalized spacial score (nSPS) is 12.3. The molecule has 1 N–H and O–H groups in total. The Hall–Kier alpha value is -1.86. The van der Waals surface area contributed by atoms with Crippen molar-refractivity contribution in [1.29, 1.82) is 0 Å². The molecule has 0 saturated heterocycles. The van der Waals surface area contributed by atoms with Crippen molar-refractivity contribution < 1.29 is 0 Å². The summed E-state index contributed by atoms with van der Waals surface area (Å²) >= 11 is 0. The zero-order chi connectivity index (χ0) is 14.9. The molecule has 1 unspecified atom stereocenters. The van der Waals surface area contributed by atoms with Crippen LogP contribution in [0.1, 0.15) is 36.8 Å². The van der Waals surface area contributed by atoms with Crippen molar-refractivity contribution in [3.05, 3.63) is 84.4 Å².